The van der Waals surface area contributed by atoms with Gasteiger partial charge in [0.1, 0.15) is 6.26 Å². The second-order valence-electron chi connectivity index (χ2n) is 5.33. The lowest BCUT2D eigenvalue weighted by Crippen LogP contribution is -2.14. The van der Waals surface area contributed by atoms with E-state index in [1.54, 1.807) is 6.33 Å². The highest BCUT2D eigenvalue weighted by Gasteiger charge is 2.15. The quantitative estimate of drug-likeness (QED) is 0.802. The first-order chi connectivity index (χ1) is 11.1. The standard InChI is InChI=1S/C17H18N4O2/c1-4-13-9-23-20-16(13)17(22)19-14-5-7-15(8-6-14)21-10-18-11(2)12(21)3/h5-10H,4H2,1-3H3,(H,19,22). The molecule has 0 fully saturated rings. The van der Waals surface area contributed by atoms with Gasteiger partial charge in [0.25, 0.3) is 5.91 Å². The summed E-state index contributed by atoms with van der Waals surface area (Å²) in [4.78, 5) is 16.5. The molecule has 0 aliphatic carbocycles. The van der Waals surface area contributed by atoms with Crippen molar-refractivity contribution in [2.75, 3.05) is 5.32 Å². The van der Waals surface area contributed by atoms with Crippen LogP contribution in [0.4, 0.5) is 5.69 Å². The minimum Gasteiger partial charge on any atom is -0.364 e. The molecule has 0 bridgehead atoms. The van der Waals surface area contributed by atoms with Crippen LogP contribution in [0.25, 0.3) is 5.69 Å². The lowest BCUT2D eigenvalue weighted by molar-refractivity contribution is 0.101. The van der Waals surface area contributed by atoms with Crippen LogP contribution in [0.15, 0.2) is 41.4 Å². The van der Waals surface area contributed by atoms with Gasteiger partial charge in [-0.25, -0.2) is 4.98 Å². The van der Waals surface area contributed by atoms with Crippen LogP contribution in [0, 0.1) is 13.8 Å². The molecule has 0 aliphatic rings. The molecule has 1 N–H and O–H groups in total. The summed E-state index contributed by atoms with van der Waals surface area (Å²) in [6.45, 7) is 5.95. The van der Waals surface area contributed by atoms with Crippen molar-refractivity contribution in [3.63, 3.8) is 0 Å². The zero-order valence-corrected chi connectivity index (χ0v) is 13.3. The third kappa shape index (κ3) is 2.88. The summed E-state index contributed by atoms with van der Waals surface area (Å²) in [5.74, 6) is -0.266. The second-order valence-corrected chi connectivity index (χ2v) is 5.33. The van der Waals surface area contributed by atoms with E-state index < -0.39 is 0 Å². The number of nitrogens with zero attached hydrogens (tertiary/aromatic N) is 3. The van der Waals surface area contributed by atoms with E-state index >= 15 is 0 Å². The van der Waals surface area contributed by atoms with E-state index in [0.717, 1.165) is 22.6 Å². The summed E-state index contributed by atoms with van der Waals surface area (Å²) in [6.07, 6.45) is 3.99. The van der Waals surface area contributed by atoms with Gasteiger partial charge in [0, 0.05) is 22.6 Å². The van der Waals surface area contributed by atoms with Gasteiger partial charge in [-0.05, 0) is 44.5 Å². The van der Waals surface area contributed by atoms with Gasteiger partial charge in [-0.2, -0.15) is 0 Å². The predicted octanol–water partition coefficient (Wildman–Crippen LogP) is 3.29. The maximum absolute atomic E-state index is 12.2. The normalized spacial score (nSPS) is 10.7. The molecule has 2 aromatic heterocycles. The fourth-order valence-electron chi connectivity index (χ4n) is 2.35. The molecule has 0 atom stereocenters. The lowest BCUT2D eigenvalue weighted by atomic mass is 10.2. The molecule has 6 heteroatoms. The van der Waals surface area contributed by atoms with Gasteiger partial charge >= 0.3 is 0 Å². The number of imidazole rings is 1. The number of carbonyl (C=O) groups is 1. The average molecular weight is 310 g/mol. The fraction of sp³-hybridized carbons (Fsp3) is 0.235. The topological polar surface area (TPSA) is 73.0 Å². The monoisotopic (exact) mass is 310 g/mol. The Morgan fingerprint density at radius 3 is 2.61 bits per heavy atom. The molecule has 0 unspecified atom stereocenters. The van der Waals surface area contributed by atoms with E-state index in [0.29, 0.717) is 17.8 Å². The zero-order chi connectivity index (χ0) is 16.4. The van der Waals surface area contributed by atoms with Crippen LogP contribution in [0.1, 0.15) is 34.4 Å². The summed E-state index contributed by atoms with van der Waals surface area (Å²) in [5, 5.41) is 6.59. The molecule has 0 saturated carbocycles. The molecule has 0 radical (unpaired) electrons. The molecule has 2 heterocycles. The Bertz CT molecular complexity index is 831. The Balaban J connectivity index is 1.78. The van der Waals surface area contributed by atoms with Gasteiger partial charge in [0.05, 0.1) is 12.0 Å². The van der Waals surface area contributed by atoms with Gasteiger partial charge in [0.2, 0.25) is 0 Å². The largest absolute Gasteiger partial charge is 0.364 e. The van der Waals surface area contributed by atoms with Crippen molar-refractivity contribution < 1.29 is 9.32 Å². The number of aryl methyl sites for hydroxylation is 2. The third-order valence-corrected chi connectivity index (χ3v) is 3.89. The summed E-state index contributed by atoms with van der Waals surface area (Å²) in [7, 11) is 0. The van der Waals surface area contributed by atoms with E-state index in [4.69, 9.17) is 4.52 Å². The van der Waals surface area contributed by atoms with Crippen LogP contribution >= 0.6 is 0 Å². The van der Waals surface area contributed by atoms with Crippen molar-refractivity contribution in [3.05, 3.63) is 59.5 Å². The van der Waals surface area contributed by atoms with Crippen molar-refractivity contribution in [2.45, 2.75) is 27.2 Å². The number of anilines is 1. The lowest BCUT2D eigenvalue weighted by Gasteiger charge is -2.08. The molecule has 6 nitrogen and oxygen atoms in total. The molecular weight excluding hydrogens is 292 g/mol. The number of rotatable bonds is 4. The fourth-order valence-corrected chi connectivity index (χ4v) is 2.35. The van der Waals surface area contributed by atoms with Gasteiger partial charge < -0.3 is 14.4 Å². The predicted molar refractivity (Wildman–Crippen MR) is 86.9 cm³/mol. The SMILES string of the molecule is CCc1conc1C(=O)Nc1ccc(-n2cnc(C)c2C)cc1. The van der Waals surface area contributed by atoms with Gasteiger partial charge in [-0.3, -0.25) is 4.79 Å². The molecule has 23 heavy (non-hydrogen) atoms. The highest BCUT2D eigenvalue weighted by atomic mass is 16.5. The first-order valence-electron chi connectivity index (χ1n) is 7.45. The molecule has 1 aromatic carbocycles. The van der Waals surface area contributed by atoms with Crippen molar-refractivity contribution in [3.8, 4) is 5.69 Å². The number of benzene rings is 1. The minimum atomic E-state index is -0.266. The smallest absolute Gasteiger partial charge is 0.278 e. The summed E-state index contributed by atoms with van der Waals surface area (Å²) in [5.41, 5.74) is 4.92. The Morgan fingerprint density at radius 2 is 2.00 bits per heavy atom. The number of amides is 1. The number of nitrogens with one attached hydrogen (secondary N) is 1. The molecule has 0 aliphatic heterocycles. The van der Waals surface area contributed by atoms with E-state index in [1.165, 1.54) is 6.26 Å². The van der Waals surface area contributed by atoms with Gasteiger partial charge in [-0.15, -0.1) is 0 Å². The van der Waals surface area contributed by atoms with Gasteiger partial charge in [-0.1, -0.05) is 12.1 Å². The molecule has 3 aromatic rings. The minimum absolute atomic E-state index is 0.266. The summed E-state index contributed by atoms with van der Waals surface area (Å²) >= 11 is 0. The molecule has 118 valence electrons. The van der Waals surface area contributed by atoms with Gasteiger partial charge in [0.15, 0.2) is 5.69 Å². The molecule has 3 rings (SSSR count). The van der Waals surface area contributed by atoms with Crippen molar-refractivity contribution in [2.24, 2.45) is 0 Å². The Morgan fingerprint density at radius 1 is 1.26 bits per heavy atom. The second kappa shape index (κ2) is 6.08. The maximum Gasteiger partial charge on any atom is 0.278 e. The molecule has 1 amide bonds. The zero-order valence-electron chi connectivity index (χ0n) is 13.3. The third-order valence-electron chi connectivity index (χ3n) is 3.89. The average Bonchev–Trinajstić information content (AvgIpc) is 3.16. The highest BCUT2D eigenvalue weighted by Crippen LogP contribution is 2.18. The molecular formula is C17H18N4O2. The number of hydrogen-bond acceptors (Lipinski definition) is 4. The van der Waals surface area contributed by atoms with Crippen LogP contribution in [-0.4, -0.2) is 20.6 Å². The van der Waals surface area contributed by atoms with Crippen LogP contribution in [0.3, 0.4) is 0 Å². The van der Waals surface area contributed by atoms with Crippen LogP contribution in [-0.2, 0) is 6.42 Å². The van der Waals surface area contributed by atoms with Crippen LogP contribution in [0.2, 0.25) is 0 Å². The first-order valence-corrected chi connectivity index (χ1v) is 7.45. The van der Waals surface area contributed by atoms with E-state index in [9.17, 15) is 4.79 Å². The Kier molecular flexibility index (Phi) is 3.97. The van der Waals surface area contributed by atoms with Crippen molar-refractivity contribution in [1.29, 1.82) is 0 Å². The molecule has 0 saturated heterocycles. The number of carbonyl (C=O) groups excluding carboxylic acids is 1. The Hall–Kier alpha value is -2.89. The maximum atomic E-state index is 12.2. The number of aromatic nitrogens is 3. The van der Waals surface area contributed by atoms with Crippen molar-refractivity contribution in [1.82, 2.24) is 14.7 Å². The van der Waals surface area contributed by atoms with Crippen molar-refractivity contribution >= 4 is 11.6 Å². The molecule has 0 spiro atoms. The van der Waals surface area contributed by atoms with E-state index in [1.807, 2.05) is 49.6 Å². The van der Waals surface area contributed by atoms with E-state index in [-0.39, 0.29) is 5.91 Å². The number of hydrogen-bond donors (Lipinski definition) is 1. The summed E-state index contributed by atoms with van der Waals surface area (Å²) < 4.78 is 6.87. The first kappa shape index (κ1) is 15.0. The Labute approximate surface area is 134 Å². The van der Waals surface area contributed by atoms with Crippen LogP contribution in [0.5, 0.6) is 0 Å². The summed E-state index contributed by atoms with van der Waals surface area (Å²) in [6, 6.07) is 7.59. The van der Waals surface area contributed by atoms with E-state index in [2.05, 4.69) is 15.5 Å². The van der Waals surface area contributed by atoms with Crippen LogP contribution < -0.4 is 5.32 Å². The highest BCUT2D eigenvalue weighted by molar-refractivity contribution is 6.03.